The Balaban J connectivity index is 1.71. The first-order valence-electron chi connectivity index (χ1n) is 8.38. The summed E-state index contributed by atoms with van der Waals surface area (Å²) >= 11 is 0. The maximum atomic E-state index is 11.6. The minimum absolute atomic E-state index is 0.0262. The van der Waals surface area contributed by atoms with Crippen LogP contribution in [0.5, 0.6) is 6.01 Å². The fourth-order valence-electron chi connectivity index (χ4n) is 2.24. The van der Waals surface area contributed by atoms with Gasteiger partial charge in [0.15, 0.2) is 5.82 Å². The quantitative estimate of drug-likeness (QED) is 0.542. The van der Waals surface area contributed by atoms with E-state index in [-0.39, 0.29) is 5.75 Å². The summed E-state index contributed by atoms with van der Waals surface area (Å²) in [7, 11) is -3.29. The third kappa shape index (κ3) is 4.94. The maximum Gasteiger partial charge on any atom is 0.318 e. The van der Waals surface area contributed by atoms with Crippen LogP contribution >= 0.6 is 0 Å². The van der Waals surface area contributed by atoms with E-state index in [1.807, 2.05) is 25.1 Å². The van der Waals surface area contributed by atoms with Crippen molar-refractivity contribution in [2.45, 2.75) is 13.8 Å². The van der Waals surface area contributed by atoms with Crippen LogP contribution < -0.4 is 14.8 Å². The first kappa shape index (κ1) is 18.6. The van der Waals surface area contributed by atoms with Crippen LogP contribution in [0.3, 0.4) is 0 Å². The topological polar surface area (TPSA) is 122 Å². The number of hydrogen-bond donors (Lipinski definition) is 3. The molecule has 142 valence electrons. The number of benzene rings is 1. The smallest absolute Gasteiger partial charge is 0.318 e. The van der Waals surface area contributed by atoms with E-state index < -0.39 is 10.0 Å². The van der Waals surface area contributed by atoms with Crippen LogP contribution in [0.1, 0.15) is 13.8 Å². The van der Waals surface area contributed by atoms with Gasteiger partial charge < -0.3 is 10.1 Å². The number of nitrogens with zero attached hydrogens (tertiary/aromatic N) is 3. The molecule has 10 heteroatoms. The summed E-state index contributed by atoms with van der Waals surface area (Å²) in [4.78, 5) is 8.24. The average molecular weight is 388 g/mol. The third-order valence-corrected chi connectivity index (χ3v) is 4.90. The lowest BCUT2D eigenvalue weighted by atomic mass is 10.1. The molecule has 1 aromatic carbocycles. The first-order valence-corrected chi connectivity index (χ1v) is 10.0. The summed E-state index contributed by atoms with van der Waals surface area (Å²) in [6, 6.07) is 10.9. The monoisotopic (exact) mass is 388 g/mol. The molecular weight excluding hydrogens is 368 g/mol. The molecule has 0 spiro atoms. The van der Waals surface area contributed by atoms with Gasteiger partial charge in [-0.2, -0.15) is 10.1 Å². The molecule has 3 rings (SSSR count). The van der Waals surface area contributed by atoms with Crippen molar-refractivity contribution >= 4 is 27.3 Å². The van der Waals surface area contributed by atoms with Gasteiger partial charge in [0, 0.05) is 18.0 Å². The number of aromatic nitrogens is 4. The van der Waals surface area contributed by atoms with Crippen LogP contribution in [0.4, 0.5) is 17.3 Å². The van der Waals surface area contributed by atoms with Crippen molar-refractivity contribution in [3.05, 3.63) is 42.6 Å². The van der Waals surface area contributed by atoms with Crippen LogP contribution in [-0.4, -0.2) is 40.9 Å². The number of aromatic amines is 1. The van der Waals surface area contributed by atoms with Gasteiger partial charge in [-0.15, -0.1) is 0 Å². The molecule has 0 saturated carbocycles. The normalized spacial score (nSPS) is 11.2. The van der Waals surface area contributed by atoms with Crippen molar-refractivity contribution in [3.8, 4) is 17.3 Å². The average Bonchev–Trinajstić information content (AvgIpc) is 3.11. The molecule has 0 atom stereocenters. The van der Waals surface area contributed by atoms with Crippen molar-refractivity contribution < 1.29 is 13.2 Å². The number of anilines is 3. The van der Waals surface area contributed by atoms with Crippen molar-refractivity contribution in [2.24, 2.45) is 0 Å². The summed E-state index contributed by atoms with van der Waals surface area (Å²) in [5.41, 5.74) is 2.16. The molecule has 0 unspecified atom stereocenters. The zero-order chi connectivity index (χ0) is 19.3. The summed E-state index contributed by atoms with van der Waals surface area (Å²) < 4.78 is 31.0. The highest BCUT2D eigenvalue weighted by atomic mass is 32.2. The van der Waals surface area contributed by atoms with E-state index in [2.05, 4.69) is 30.2 Å². The van der Waals surface area contributed by atoms with Gasteiger partial charge in [0.25, 0.3) is 0 Å². The zero-order valence-corrected chi connectivity index (χ0v) is 15.7. The molecule has 0 amide bonds. The van der Waals surface area contributed by atoms with Crippen molar-refractivity contribution in [1.82, 2.24) is 20.2 Å². The van der Waals surface area contributed by atoms with Crippen LogP contribution in [0, 0.1) is 0 Å². The van der Waals surface area contributed by atoms with Gasteiger partial charge in [-0.3, -0.25) is 9.82 Å². The third-order valence-electron chi connectivity index (χ3n) is 3.59. The molecule has 0 fully saturated rings. The van der Waals surface area contributed by atoms with Crippen molar-refractivity contribution in [2.75, 3.05) is 22.4 Å². The molecule has 2 aromatic heterocycles. The van der Waals surface area contributed by atoms with Gasteiger partial charge in [0.05, 0.1) is 18.1 Å². The molecule has 0 aliphatic rings. The lowest BCUT2D eigenvalue weighted by molar-refractivity contribution is 0.313. The number of nitrogens with one attached hydrogen (secondary N) is 3. The molecule has 27 heavy (non-hydrogen) atoms. The number of ether oxygens (including phenoxy) is 1. The Hall–Kier alpha value is -3.14. The summed E-state index contributed by atoms with van der Waals surface area (Å²) in [6.45, 7) is 3.94. The van der Waals surface area contributed by atoms with Crippen LogP contribution in [0.2, 0.25) is 0 Å². The largest absolute Gasteiger partial charge is 0.464 e. The molecule has 2 heterocycles. The lowest BCUT2D eigenvalue weighted by Gasteiger charge is -2.06. The molecule has 0 aliphatic heterocycles. The molecule has 0 bridgehead atoms. The Bertz CT molecular complexity index is 1000. The minimum atomic E-state index is -3.29. The molecule has 3 N–H and O–H groups in total. The predicted octanol–water partition coefficient (Wildman–Crippen LogP) is 2.77. The van der Waals surface area contributed by atoms with E-state index in [0.717, 1.165) is 11.3 Å². The Morgan fingerprint density at radius 1 is 1.11 bits per heavy atom. The van der Waals surface area contributed by atoms with E-state index in [1.54, 1.807) is 31.3 Å². The summed E-state index contributed by atoms with van der Waals surface area (Å²) in [6.07, 6.45) is 1.60. The number of H-pyrrole nitrogens is 1. The SMILES string of the molecule is CCOc1nccc(Nc2cc(-c3ccc(NS(=O)(=O)CC)cc3)[nH]n2)n1. The Kier molecular flexibility index (Phi) is 5.55. The summed E-state index contributed by atoms with van der Waals surface area (Å²) in [5.74, 6) is 1.18. The van der Waals surface area contributed by atoms with Gasteiger partial charge in [-0.1, -0.05) is 12.1 Å². The Morgan fingerprint density at radius 2 is 1.89 bits per heavy atom. The highest BCUT2D eigenvalue weighted by Crippen LogP contribution is 2.23. The Morgan fingerprint density at radius 3 is 2.59 bits per heavy atom. The Labute approximate surface area is 157 Å². The second-order valence-electron chi connectivity index (χ2n) is 5.53. The zero-order valence-electron chi connectivity index (χ0n) is 14.9. The van der Waals surface area contributed by atoms with Crippen LogP contribution in [-0.2, 0) is 10.0 Å². The van der Waals surface area contributed by atoms with Crippen LogP contribution in [0.15, 0.2) is 42.6 Å². The van der Waals surface area contributed by atoms with Crippen LogP contribution in [0.25, 0.3) is 11.3 Å². The van der Waals surface area contributed by atoms with Gasteiger partial charge in [-0.05, 0) is 37.6 Å². The number of sulfonamides is 1. The first-order chi connectivity index (χ1) is 13.0. The summed E-state index contributed by atoms with van der Waals surface area (Å²) in [5, 5.41) is 10.2. The van der Waals surface area contributed by atoms with E-state index in [1.165, 1.54) is 0 Å². The molecule has 0 aliphatic carbocycles. The number of rotatable bonds is 8. The second-order valence-corrected chi connectivity index (χ2v) is 7.54. The highest BCUT2D eigenvalue weighted by molar-refractivity contribution is 7.92. The molecule has 0 radical (unpaired) electrons. The van der Waals surface area contributed by atoms with E-state index >= 15 is 0 Å². The van der Waals surface area contributed by atoms with E-state index in [0.29, 0.717) is 29.9 Å². The van der Waals surface area contributed by atoms with E-state index in [9.17, 15) is 8.42 Å². The van der Waals surface area contributed by atoms with Gasteiger partial charge in [0.2, 0.25) is 10.0 Å². The lowest BCUT2D eigenvalue weighted by Crippen LogP contribution is -2.14. The fourth-order valence-corrected chi connectivity index (χ4v) is 2.88. The van der Waals surface area contributed by atoms with Crippen molar-refractivity contribution in [3.63, 3.8) is 0 Å². The minimum Gasteiger partial charge on any atom is -0.464 e. The maximum absolute atomic E-state index is 11.6. The second kappa shape index (κ2) is 8.04. The standard InChI is InChI=1S/C17H20N6O3S/c1-3-26-17-18-10-9-15(20-17)19-16-11-14(21-22-16)12-5-7-13(8-6-12)23-27(24,25)4-2/h5-11,23H,3-4H2,1-2H3,(H2,18,19,20,21,22). The van der Waals surface area contributed by atoms with Gasteiger partial charge in [-0.25, -0.2) is 13.4 Å². The predicted molar refractivity (Wildman–Crippen MR) is 104 cm³/mol. The molecule has 9 nitrogen and oxygen atoms in total. The van der Waals surface area contributed by atoms with Gasteiger partial charge in [0.1, 0.15) is 5.82 Å². The molecule has 0 saturated heterocycles. The highest BCUT2D eigenvalue weighted by Gasteiger charge is 2.09. The number of hydrogen-bond acceptors (Lipinski definition) is 7. The fraction of sp³-hybridized carbons (Fsp3) is 0.235. The molecule has 3 aromatic rings. The molecular formula is C17H20N6O3S. The van der Waals surface area contributed by atoms with Crippen molar-refractivity contribution in [1.29, 1.82) is 0 Å². The van der Waals surface area contributed by atoms with E-state index in [4.69, 9.17) is 4.74 Å². The van der Waals surface area contributed by atoms with Gasteiger partial charge >= 0.3 is 6.01 Å².